The number of para-hydroxylation sites is 1. The quantitative estimate of drug-likeness (QED) is 0.854. The number of amidine groups is 1. The SMILES string of the molecule is NC(=O)C1CC(=O)N(CCc2ccc(Cl)cc2)C(=Nc2ccccc2)S1. The van der Waals surface area contributed by atoms with E-state index in [9.17, 15) is 9.59 Å². The van der Waals surface area contributed by atoms with Gasteiger partial charge in [-0.3, -0.25) is 14.5 Å². The van der Waals surface area contributed by atoms with Gasteiger partial charge in [0.2, 0.25) is 11.8 Å². The van der Waals surface area contributed by atoms with Crippen molar-refractivity contribution in [1.29, 1.82) is 0 Å². The number of amides is 2. The Morgan fingerprint density at radius 2 is 1.88 bits per heavy atom. The summed E-state index contributed by atoms with van der Waals surface area (Å²) in [5, 5.41) is 0.593. The lowest BCUT2D eigenvalue weighted by atomic mass is 10.1. The Kier molecular flexibility index (Phi) is 5.96. The smallest absolute Gasteiger partial charge is 0.231 e. The molecule has 0 aromatic heterocycles. The molecule has 0 aliphatic carbocycles. The highest BCUT2D eigenvalue weighted by atomic mass is 35.5. The minimum atomic E-state index is -0.586. The molecule has 3 rings (SSSR count). The fourth-order valence-electron chi connectivity index (χ4n) is 2.58. The molecule has 1 heterocycles. The number of nitrogens with two attached hydrogens (primary N) is 1. The summed E-state index contributed by atoms with van der Waals surface area (Å²) in [6.07, 6.45) is 0.757. The van der Waals surface area contributed by atoms with Crippen LogP contribution in [0, 0.1) is 0 Å². The number of primary amides is 1. The zero-order chi connectivity index (χ0) is 18.5. The van der Waals surface area contributed by atoms with Crippen LogP contribution in [0.25, 0.3) is 0 Å². The van der Waals surface area contributed by atoms with Crippen LogP contribution in [0.15, 0.2) is 59.6 Å². The molecule has 0 radical (unpaired) electrons. The molecular weight excluding hydrogens is 370 g/mol. The lowest BCUT2D eigenvalue weighted by Crippen LogP contribution is -2.46. The molecule has 2 N–H and O–H groups in total. The van der Waals surface area contributed by atoms with Crippen LogP contribution in [0.2, 0.25) is 5.02 Å². The predicted molar refractivity (Wildman–Crippen MR) is 106 cm³/mol. The van der Waals surface area contributed by atoms with E-state index in [0.717, 1.165) is 11.3 Å². The number of nitrogens with zero attached hydrogens (tertiary/aromatic N) is 2. The minimum Gasteiger partial charge on any atom is -0.369 e. The number of halogens is 1. The van der Waals surface area contributed by atoms with E-state index < -0.39 is 11.2 Å². The number of thioether (sulfide) groups is 1. The predicted octanol–water partition coefficient (Wildman–Crippen LogP) is 3.39. The molecule has 7 heteroatoms. The van der Waals surface area contributed by atoms with E-state index >= 15 is 0 Å². The first-order valence-corrected chi connectivity index (χ1v) is 9.43. The first kappa shape index (κ1) is 18.5. The molecule has 0 saturated carbocycles. The van der Waals surface area contributed by atoms with Crippen LogP contribution in [0.5, 0.6) is 0 Å². The van der Waals surface area contributed by atoms with Gasteiger partial charge < -0.3 is 5.73 Å². The second-order valence-corrected chi connectivity index (χ2v) is 7.47. The number of carbonyl (C=O) groups is 2. The van der Waals surface area contributed by atoms with E-state index in [1.165, 1.54) is 11.8 Å². The fraction of sp³-hybridized carbons (Fsp3) is 0.211. The third kappa shape index (κ3) is 4.65. The topological polar surface area (TPSA) is 75.8 Å². The molecule has 1 fully saturated rings. The van der Waals surface area contributed by atoms with E-state index in [4.69, 9.17) is 17.3 Å². The highest BCUT2D eigenvalue weighted by Gasteiger charge is 2.34. The number of hydrogen-bond acceptors (Lipinski definition) is 4. The van der Waals surface area contributed by atoms with Gasteiger partial charge in [-0.25, -0.2) is 4.99 Å². The molecule has 1 aliphatic heterocycles. The van der Waals surface area contributed by atoms with Crippen LogP contribution in [-0.4, -0.2) is 33.7 Å². The highest BCUT2D eigenvalue weighted by Crippen LogP contribution is 2.29. The van der Waals surface area contributed by atoms with Gasteiger partial charge in [0.1, 0.15) is 0 Å². The zero-order valence-electron chi connectivity index (χ0n) is 14.0. The molecule has 2 aromatic rings. The summed E-state index contributed by atoms with van der Waals surface area (Å²) in [5.74, 6) is -0.641. The normalized spacial score (nSPS) is 19.0. The van der Waals surface area contributed by atoms with Crippen LogP contribution in [0.3, 0.4) is 0 Å². The maximum Gasteiger partial charge on any atom is 0.231 e. The molecule has 5 nitrogen and oxygen atoms in total. The maximum atomic E-state index is 12.6. The van der Waals surface area contributed by atoms with Crippen molar-refractivity contribution in [3.05, 3.63) is 65.2 Å². The van der Waals surface area contributed by atoms with E-state index in [-0.39, 0.29) is 12.3 Å². The first-order chi connectivity index (χ1) is 12.5. The summed E-state index contributed by atoms with van der Waals surface area (Å²) in [5.41, 5.74) is 7.21. The van der Waals surface area contributed by atoms with Crippen LogP contribution in [0.4, 0.5) is 5.69 Å². The number of aliphatic imine (C=N–C) groups is 1. The van der Waals surface area contributed by atoms with Crippen molar-refractivity contribution in [2.24, 2.45) is 10.7 Å². The van der Waals surface area contributed by atoms with Crippen LogP contribution < -0.4 is 5.73 Å². The van der Waals surface area contributed by atoms with Gasteiger partial charge in [-0.05, 0) is 36.2 Å². The zero-order valence-corrected chi connectivity index (χ0v) is 15.5. The van der Waals surface area contributed by atoms with Gasteiger partial charge in [0.15, 0.2) is 5.17 Å². The number of benzene rings is 2. The van der Waals surface area contributed by atoms with Gasteiger partial charge >= 0.3 is 0 Å². The average Bonchev–Trinajstić information content (AvgIpc) is 2.63. The molecule has 26 heavy (non-hydrogen) atoms. The summed E-state index contributed by atoms with van der Waals surface area (Å²) >= 11 is 7.16. The van der Waals surface area contributed by atoms with Crippen molar-refractivity contribution in [2.45, 2.75) is 18.1 Å². The summed E-state index contributed by atoms with van der Waals surface area (Å²) in [7, 11) is 0. The Morgan fingerprint density at radius 3 is 2.54 bits per heavy atom. The lowest BCUT2D eigenvalue weighted by Gasteiger charge is -2.31. The summed E-state index contributed by atoms with van der Waals surface area (Å²) < 4.78 is 0. The molecule has 1 aliphatic rings. The largest absolute Gasteiger partial charge is 0.369 e. The van der Waals surface area contributed by atoms with Gasteiger partial charge in [-0.1, -0.05) is 53.7 Å². The molecule has 1 unspecified atom stereocenters. The third-order valence-electron chi connectivity index (χ3n) is 3.98. The number of hydrogen-bond donors (Lipinski definition) is 1. The van der Waals surface area contributed by atoms with Gasteiger partial charge in [-0.2, -0.15) is 0 Å². The Labute approximate surface area is 161 Å². The Hall–Kier alpha value is -2.31. The highest BCUT2D eigenvalue weighted by molar-refractivity contribution is 8.15. The standard InChI is InChI=1S/C19H18ClN3O2S/c20-14-8-6-13(7-9-14)10-11-23-17(24)12-16(18(21)25)26-19(23)22-15-4-2-1-3-5-15/h1-9,16H,10-12H2,(H2,21,25). The Balaban J connectivity index is 1.82. The van der Waals surface area contributed by atoms with Crippen LogP contribution >= 0.6 is 23.4 Å². The van der Waals surface area contributed by atoms with Crippen molar-refractivity contribution in [2.75, 3.05) is 6.54 Å². The fourth-order valence-corrected chi connectivity index (χ4v) is 3.78. The van der Waals surface area contributed by atoms with Crippen molar-refractivity contribution < 1.29 is 9.59 Å². The van der Waals surface area contributed by atoms with Gasteiger partial charge in [0.25, 0.3) is 0 Å². The lowest BCUT2D eigenvalue weighted by molar-refractivity contribution is -0.129. The van der Waals surface area contributed by atoms with Crippen molar-refractivity contribution >= 4 is 46.0 Å². The third-order valence-corrected chi connectivity index (χ3v) is 5.43. The molecular formula is C19H18ClN3O2S. The van der Waals surface area contributed by atoms with E-state index in [1.807, 2.05) is 54.6 Å². The summed E-state index contributed by atoms with van der Waals surface area (Å²) in [6, 6.07) is 16.9. The Bertz CT molecular complexity index is 824. The van der Waals surface area contributed by atoms with Crippen LogP contribution in [-0.2, 0) is 16.0 Å². The van der Waals surface area contributed by atoms with Crippen LogP contribution in [0.1, 0.15) is 12.0 Å². The van der Waals surface area contributed by atoms with Gasteiger partial charge in [0.05, 0.1) is 10.9 Å². The van der Waals surface area contributed by atoms with E-state index in [0.29, 0.717) is 23.2 Å². The molecule has 1 atom stereocenters. The second kappa shape index (κ2) is 8.38. The molecule has 0 bridgehead atoms. The number of rotatable bonds is 5. The van der Waals surface area contributed by atoms with Crippen molar-refractivity contribution in [1.82, 2.24) is 4.90 Å². The van der Waals surface area contributed by atoms with Crippen molar-refractivity contribution in [3.8, 4) is 0 Å². The molecule has 0 spiro atoms. The molecule has 2 aromatic carbocycles. The first-order valence-electron chi connectivity index (χ1n) is 8.17. The maximum absolute atomic E-state index is 12.6. The monoisotopic (exact) mass is 387 g/mol. The van der Waals surface area contributed by atoms with Gasteiger partial charge in [-0.15, -0.1) is 0 Å². The minimum absolute atomic E-state index is 0.0917. The second-order valence-electron chi connectivity index (χ2n) is 5.86. The number of carbonyl (C=O) groups excluding carboxylic acids is 2. The Morgan fingerprint density at radius 1 is 1.19 bits per heavy atom. The van der Waals surface area contributed by atoms with E-state index in [1.54, 1.807) is 4.90 Å². The van der Waals surface area contributed by atoms with E-state index in [2.05, 4.69) is 4.99 Å². The molecule has 1 saturated heterocycles. The summed E-state index contributed by atoms with van der Waals surface area (Å²) in [4.78, 5) is 30.4. The van der Waals surface area contributed by atoms with Gasteiger partial charge in [0, 0.05) is 18.0 Å². The molecule has 2 amide bonds. The summed E-state index contributed by atoms with van der Waals surface area (Å²) in [6.45, 7) is 0.477. The average molecular weight is 388 g/mol. The molecule has 134 valence electrons. The van der Waals surface area contributed by atoms with Crippen molar-refractivity contribution in [3.63, 3.8) is 0 Å².